The van der Waals surface area contributed by atoms with E-state index in [1.54, 1.807) is 6.92 Å². The zero-order chi connectivity index (χ0) is 16.9. The second-order valence-electron chi connectivity index (χ2n) is 5.43. The third kappa shape index (κ3) is 3.84. The smallest absolute Gasteiger partial charge is 0.265 e. The van der Waals surface area contributed by atoms with Gasteiger partial charge in [0, 0.05) is 11.3 Å². The van der Waals surface area contributed by atoms with Gasteiger partial charge in [0.2, 0.25) is 6.79 Å². The van der Waals surface area contributed by atoms with Crippen molar-refractivity contribution in [2.24, 2.45) is 5.16 Å². The molecule has 0 fully saturated rings. The molecule has 0 aromatic heterocycles. The summed E-state index contributed by atoms with van der Waals surface area (Å²) in [4.78, 5) is 17.0. The highest BCUT2D eigenvalue weighted by molar-refractivity contribution is 5.99. The Morgan fingerprint density at radius 2 is 1.92 bits per heavy atom. The molecule has 3 rings (SSSR count). The van der Waals surface area contributed by atoms with Crippen molar-refractivity contribution in [1.29, 1.82) is 0 Å². The van der Waals surface area contributed by atoms with Crippen LogP contribution in [0.25, 0.3) is 0 Å². The maximum absolute atomic E-state index is 11.8. The lowest BCUT2D eigenvalue weighted by atomic mass is 10.1. The quantitative estimate of drug-likeness (QED) is 0.677. The predicted octanol–water partition coefficient (Wildman–Crippen LogP) is 3.10. The molecule has 1 aliphatic rings. The monoisotopic (exact) mass is 326 g/mol. The number of carbonyl (C=O) groups is 1. The van der Waals surface area contributed by atoms with Crippen LogP contribution in [0, 0.1) is 6.92 Å². The van der Waals surface area contributed by atoms with E-state index in [0.29, 0.717) is 17.2 Å². The van der Waals surface area contributed by atoms with E-state index < -0.39 is 0 Å². The molecule has 0 unspecified atom stereocenters. The summed E-state index contributed by atoms with van der Waals surface area (Å²) in [5.41, 5.74) is 3.36. The molecule has 1 N–H and O–H groups in total. The Morgan fingerprint density at radius 1 is 1.17 bits per heavy atom. The molecule has 6 nitrogen and oxygen atoms in total. The summed E-state index contributed by atoms with van der Waals surface area (Å²) in [6, 6.07) is 13.1. The van der Waals surface area contributed by atoms with E-state index in [4.69, 9.17) is 14.3 Å². The zero-order valence-corrected chi connectivity index (χ0v) is 13.5. The van der Waals surface area contributed by atoms with E-state index >= 15 is 0 Å². The first kappa shape index (κ1) is 15.9. The summed E-state index contributed by atoms with van der Waals surface area (Å²) >= 11 is 0. The van der Waals surface area contributed by atoms with Crippen molar-refractivity contribution in [1.82, 2.24) is 0 Å². The van der Waals surface area contributed by atoms with Gasteiger partial charge in [0.05, 0.1) is 5.71 Å². The average molecular weight is 326 g/mol. The number of fused-ring (bicyclic) bond motifs is 1. The van der Waals surface area contributed by atoms with Gasteiger partial charge in [-0.15, -0.1) is 0 Å². The van der Waals surface area contributed by atoms with Crippen LogP contribution in [-0.2, 0) is 9.63 Å². The largest absolute Gasteiger partial charge is 0.454 e. The van der Waals surface area contributed by atoms with Crippen molar-refractivity contribution in [2.45, 2.75) is 13.8 Å². The highest BCUT2D eigenvalue weighted by Crippen LogP contribution is 2.32. The molecule has 24 heavy (non-hydrogen) atoms. The van der Waals surface area contributed by atoms with Crippen molar-refractivity contribution in [3.05, 3.63) is 53.6 Å². The molecule has 1 amide bonds. The van der Waals surface area contributed by atoms with E-state index in [-0.39, 0.29) is 19.3 Å². The van der Waals surface area contributed by atoms with E-state index in [2.05, 4.69) is 10.5 Å². The maximum Gasteiger partial charge on any atom is 0.265 e. The lowest BCUT2D eigenvalue weighted by Crippen LogP contribution is -2.17. The Morgan fingerprint density at radius 3 is 2.71 bits per heavy atom. The number of hydrogen-bond acceptors (Lipinski definition) is 5. The second kappa shape index (κ2) is 7.04. The summed E-state index contributed by atoms with van der Waals surface area (Å²) in [7, 11) is 0. The fourth-order valence-corrected chi connectivity index (χ4v) is 2.20. The molecule has 2 aromatic carbocycles. The van der Waals surface area contributed by atoms with E-state index in [1.807, 2.05) is 49.4 Å². The van der Waals surface area contributed by atoms with Crippen molar-refractivity contribution < 1.29 is 19.1 Å². The van der Waals surface area contributed by atoms with E-state index in [9.17, 15) is 4.79 Å². The average Bonchev–Trinajstić information content (AvgIpc) is 3.04. The highest BCUT2D eigenvalue weighted by atomic mass is 16.7. The van der Waals surface area contributed by atoms with Gasteiger partial charge in [-0.1, -0.05) is 22.9 Å². The first-order valence-corrected chi connectivity index (χ1v) is 7.55. The summed E-state index contributed by atoms with van der Waals surface area (Å²) in [6.07, 6.45) is 0. The first-order valence-electron chi connectivity index (χ1n) is 7.55. The van der Waals surface area contributed by atoms with Gasteiger partial charge >= 0.3 is 0 Å². The summed E-state index contributed by atoms with van der Waals surface area (Å²) < 4.78 is 10.6. The SMILES string of the molecule is C/C(=N\OCC(=O)Nc1ccc(C)cc1)c1ccc2c(c1)OCO2. The van der Waals surface area contributed by atoms with Crippen LogP contribution in [0.5, 0.6) is 11.5 Å². The van der Waals surface area contributed by atoms with Crippen LogP contribution in [0.2, 0.25) is 0 Å². The Bertz CT molecular complexity index is 769. The number of nitrogens with zero attached hydrogens (tertiary/aromatic N) is 1. The van der Waals surface area contributed by atoms with Crippen molar-refractivity contribution >= 4 is 17.3 Å². The van der Waals surface area contributed by atoms with Crippen LogP contribution in [0.1, 0.15) is 18.1 Å². The first-order chi connectivity index (χ1) is 11.6. The van der Waals surface area contributed by atoms with Gasteiger partial charge in [0.1, 0.15) is 0 Å². The molecule has 0 atom stereocenters. The molecule has 2 aromatic rings. The van der Waals surface area contributed by atoms with Gasteiger partial charge in [-0.05, 0) is 44.2 Å². The summed E-state index contributed by atoms with van der Waals surface area (Å²) in [5.74, 6) is 1.13. The molecule has 0 saturated heterocycles. The van der Waals surface area contributed by atoms with Crippen LogP contribution in [0.3, 0.4) is 0 Å². The zero-order valence-electron chi connectivity index (χ0n) is 13.5. The number of carbonyl (C=O) groups excluding carboxylic acids is 1. The Balaban J connectivity index is 1.53. The lowest BCUT2D eigenvalue weighted by molar-refractivity contribution is -0.120. The summed E-state index contributed by atoms with van der Waals surface area (Å²) in [5, 5.41) is 6.72. The number of amides is 1. The molecule has 0 aliphatic carbocycles. The van der Waals surface area contributed by atoms with Crippen molar-refractivity contribution in [3.8, 4) is 11.5 Å². The molecule has 0 saturated carbocycles. The number of aryl methyl sites for hydroxylation is 1. The fraction of sp³-hybridized carbons (Fsp3) is 0.222. The van der Waals surface area contributed by atoms with Crippen LogP contribution < -0.4 is 14.8 Å². The van der Waals surface area contributed by atoms with Crippen molar-refractivity contribution in [3.63, 3.8) is 0 Å². The van der Waals surface area contributed by atoms with Gasteiger partial charge < -0.3 is 19.6 Å². The van der Waals surface area contributed by atoms with Gasteiger partial charge in [0.25, 0.3) is 5.91 Å². The van der Waals surface area contributed by atoms with Gasteiger partial charge in [-0.25, -0.2) is 0 Å². The number of nitrogens with one attached hydrogen (secondary N) is 1. The molecular weight excluding hydrogens is 308 g/mol. The predicted molar refractivity (Wildman–Crippen MR) is 90.5 cm³/mol. The number of anilines is 1. The highest BCUT2D eigenvalue weighted by Gasteiger charge is 2.14. The molecular formula is C18H18N2O4. The van der Waals surface area contributed by atoms with Crippen LogP contribution >= 0.6 is 0 Å². The number of benzene rings is 2. The molecule has 6 heteroatoms. The topological polar surface area (TPSA) is 69.2 Å². The van der Waals surface area contributed by atoms with Crippen LogP contribution in [-0.4, -0.2) is 25.0 Å². The van der Waals surface area contributed by atoms with Crippen molar-refractivity contribution in [2.75, 3.05) is 18.7 Å². The molecule has 0 bridgehead atoms. The Labute approximate surface area is 140 Å². The summed E-state index contributed by atoms with van der Waals surface area (Å²) in [6.45, 7) is 3.86. The van der Waals surface area contributed by atoms with Gasteiger partial charge in [-0.3, -0.25) is 4.79 Å². The third-order valence-corrected chi connectivity index (χ3v) is 3.52. The minimum atomic E-state index is -0.263. The molecule has 124 valence electrons. The number of ether oxygens (including phenoxy) is 2. The number of hydrogen-bond donors (Lipinski definition) is 1. The Kier molecular flexibility index (Phi) is 4.65. The standard InChI is InChI=1S/C18H18N2O4/c1-12-3-6-15(7-4-12)19-18(21)10-24-20-13(2)14-5-8-16-17(9-14)23-11-22-16/h3-9H,10-11H2,1-2H3,(H,19,21)/b20-13+. The molecule has 1 heterocycles. The lowest BCUT2D eigenvalue weighted by Gasteiger charge is -2.06. The van der Waals surface area contributed by atoms with Crippen LogP contribution in [0.4, 0.5) is 5.69 Å². The minimum absolute atomic E-state index is 0.157. The minimum Gasteiger partial charge on any atom is -0.454 e. The molecule has 1 aliphatic heterocycles. The number of rotatable bonds is 5. The van der Waals surface area contributed by atoms with E-state index in [1.165, 1.54) is 0 Å². The van der Waals surface area contributed by atoms with E-state index in [0.717, 1.165) is 16.8 Å². The molecule has 0 spiro atoms. The Hall–Kier alpha value is -3.02. The van der Waals surface area contributed by atoms with Crippen LogP contribution in [0.15, 0.2) is 47.6 Å². The normalized spacial score (nSPS) is 12.8. The maximum atomic E-state index is 11.8. The van der Waals surface area contributed by atoms with Gasteiger partial charge in [-0.2, -0.15) is 0 Å². The van der Waals surface area contributed by atoms with Gasteiger partial charge in [0.15, 0.2) is 18.1 Å². The third-order valence-electron chi connectivity index (χ3n) is 3.52. The number of oxime groups is 1. The molecule has 0 radical (unpaired) electrons. The fourth-order valence-electron chi connectivity index (χ4n) is 2.20. The second-order valence-corrected chi connectivity index (χ2v) is 5.43.